The summed E-state index contributed by atoms with van der Waals surface area (Å²) in [6.07, 6.45) is -0.378. The molecular formula is C24H26N4O5. The number of esters is 1. The Kier molecular flexibility index (Phi) is 6.58. The summed E-state index contributed by atoms with van der Waals surface area (Å²) in [5.41, 5.74) is 2.87. The predicted octanol–water partition coefficient (Wildman–Crippen LogP) is 2.79. The molecule has 0 bridgehead atoms. The number of aromatic nitrogens is 2. The maximum absolute atomic E-state index is 12.6. The van der Waals surface area contributed by atoms with Crippen molar-refractivity contribution in [3.05, 3.63) is 59.9 Å². The first-order valence-electron chi connectivity index (χ1n) is 10.9. The Balaban J connectivity index is 1.37. The van der Waals surface area contributed by atoms with Gasteiger partial charge in [-0.3, -0.25) is 9.36 Å². The number of hydrogen-bond acceptors (Lipinski definition) is 6. The van der Waals surface area contributed by atoms with E-state index in [-0.39, 0.29) is 18.6 Å². The number of imidazole rings is 1. The van der Waals surface area contributed by atoms with E-state index < -0.39 is 5.97 Å². The van der Waals surface area contributed by atoms with Crippen molar-refractivity contribution < 1.29 is 23.9 Å². The summed E-state index contributed by atoms with van der Waals surface area (Å²) in [5.74, 6) is -0.0710. The second kappa shape index (κ2) is 9.72. The standard InChI is InChI=1S/C24H26N4O5/c1-3-32-24(31)27-13-11-26(12-14-27)22(29)16-33-23(30)18-9-10-21-20(15-18)25-17(2)28(21)19-7-5-4-6-8-19/h4-10,15H,3,11-14,16H2,1-2H3. The van der Waals surface area contributed by atoms with E-state index in [0.29, 0.717) is 43.9 Å². The zero-order chi connectivity index (χ0) is 23.4. The highest BCUT2D eigenvalue weighted by Crippen LogP contribution is 2.22. The van der Waals surface area contributed by atoms with Crippen LogP contribution in [-0.2, 0) is 14.3 Å². The first kappa shape index (κ1) is 22.3. The number of aryl methyl sites for hydroxylation is 1. The molecule has 0 unspecified atom stereocenters. The summed E-state index contributed by atoms with van der Waals surface area (Å²) in [5, 5.41) is 0. The van der Waals surface area contributed by atoms with Crippen LogP contribution in [0.2, 0.25) is 0 Å². The Morgan fingerprint density at radius 3 is 2.33 bits per heavy atom. The molecule has 0 saturated carbocycles. The molecule has 1 saturated heterocycles. The molecule has 4 rings (SSSR count). The monoisotopic (exact) mass is 450 g/mol. The van der Waals surface area contributed by atoms with Crippen LogP contribution in [-0.4, -0.2) is 76.7 Å². The van der Waals surface area contributed by atoms with Gasteiger partial charge in [0, 0.05) is 31.9 Å². The molecule has 1 aromatic heterocycles. The molecule has 0 atom stereocenters. The van der Waals surface area contributed by atoms with E-state index in [1.807, 2.05) is 47.9 Å². The van der Waals surface area contributed by atoms with Gasteiger partial charge in [0.1, 0.15) is 5.82 Å². The minimum Gasteiger partial charge on any atom is -0.452 e. The van der Waals surface area contributed by atoms with Gasteiger partial charge in [0.25, 0.3) is 5.91 Å². The van der Waals surface area contributed by atoms with Gasteiger partial charge in [-0.25, -0.2) is 14.6 Å². The normalized spacial score (nSPS) is 13.8. The van der Waals surface area contributed by atoms with E-state index in [4.69, 9.17) is 9.47 Å². The topological polar surface area (TPSA) is 94.0 Å². The van der Waals surface area contributed by atoms with Crippen LogP contribution in [0, 0.1) is 6.92 Å². The second-order valence-electron chi connectivity index (χ2n) is 7.68. The lowest BCUT2D eigenvalue weighted by Gasteiger charge is -2.33. The molecule has 9 heteroatoms. The van der Waals surface area contributed by atoms with Crippen LogP contribution < -0.4 is 0 Å². The molecule has 2 amide bonds. The fourth-order valence-electron chi connectivity index (χ4n) is 3.89. The number of benzene rings is 2. The predicted molar refractivity (Wildman–Crippen MR) is 121 cm³/mol. The fraction of sp³-hybridized carbons (Fsp3) is 0.333. The molecular weight excluding hydrogens is 424 g/mol. The summed E-state index contributed by atoms with van der Waals surface area (Å²) >= 11 is 0. The van der Waals surface area contributed by atoms with Crippen molar-refractivity contribution in [2.45, 2.75) is 13.8 Å². The summed E-state index contributed by atoms with van der Waals surface area (Å²) in [7, 11) is 0. The fourth-order valence-corrected chi connectivity index (χ4v) is 3.89. The quantitative estimate of drug-likeness (QED) is 0.555. The number of carbonyl (C=O) groups is 3. The summed E-state index contributed by atoms with van der Waals surface area (Å²) < 4.78 is 12.3. The minimum absolute atomic E-state index is 0.294. The molecule has 33 heavy (non-hydrogen) atoms. The molecule has 2 aromatic carbocycles. The van der Waals surface area contributed by atoms with Gasteiger partial charge in [0.15, 0.2) is 6.61 Å². The van der Waals surface area contributed by atoms with Crippen molar-refractivity contribution in [2.75, 3.05) is 39.4 Å². The molecule has 1 aliphatic rings. The molecule has 172 valence electrons. The first-order valence-corrected chi connectivity index (χ1v) is 10.9. The third kappa shape index (κ3) is 4.82. The Bertz CT molecular complexity index is 1170. The maximum Gasteiger partial charge on any atom is 0.409 e. The summed E-state index contributed by atoms with van der Waals surface area (Å²) in [4.78, 5) is 44.5. The number of hydrogen-bond donors (Lipinski definition) is 0. The molecule has 3 aromatic rings. The number of carbonyl (C=O) groups excluding carboxylic acids is 3. The van der Waals surface area contributed by atoms with E-state index >= 15 is 0 Å². The Hall–Kier alpha value is -3.88. The highest BCUT2D eigenvalue weighted by atomic mass is 16.6. The van der Waals surface area contributed by atoms with Crippen molar-refractivity contribution in [3.8, 4) is 5.69 Å². The SMILES string of the molecule is CCOC(=O)N1CCN(C(=O)COC(=O)c2ccc3c(c2)nc(C)n3-c2ccccc2)CC1. The second-order valence-corrected chi connectivity index (χ2v) is 7.68. The largest absolute Gasteiger partial charge is 0.452 e. The zero-order valence-corrected chi connectivity index (χ0v) is 18.7. The van der Waals surface area contributed by atoms with Crippen molar-refractivity contribution >= 4 is 29.0 Å². The average Bonchev–Trinajstić information content (AvgIpc) is 3.17. The molecule has 9 nitrogen and oxygen atoms in total. The molecule has 0 radical (unpaired) electrons. The van der Waals surface area contributed by atoms with Gasteiger partial charge >= 0.3 is 12.1 Å². The van der Waals surface area contributed by atoms with Crippen molar-refractivity contribution in [1.29, 1.82) is 0 Å². The van der Waals surface area contributed by atoms with Gasteiger partial charge in [0.2, 0.25) is 0 Å². The molecule has 0 N–H and O–H groups in total. The van der Waals surface area contributed by atoms with Gasteiger partial charge in [-0.1, -0.05) is 18.2 Å². The molecule has 0 spiro atoms. The van der Waals surface area contributed by atoms with Crippen LogP contribution in [0.3, 0.4) is 0 Å². The lowest BCUT2D eigenvalue weighted by atomic mass is 10.2. The lowest BCUT2D eigenvalue weighted by Crippen LogP contribution is -2.51. The van der Waals surface area contributed by atoms with Crippen molar-refractivity contribution in [1.82, 2.24) is 19.4 Å². The van der Waals surface area contributed by atoms with E-state index in [0.717, 1.165) is 17.0 Å². The third-order valence-corrected chi connectivity index (χ3v) is 5.56. The number of ether oxygens (including phenoxy) is 2. The van der Waals surface area contributed by atoms with E-state index in [2.05, 4.69) is 4.98 Å². The van der Waals surface area contributed by atoms with Crippen molar-refractivity contribution in [3.63, 3.8) is 0 Å². The molecule has 1 fully saturated rings. The number of amides is 2. The Labute approximate surface area is 191 Å². The summed E-state index contributed by atoms with van der Waals surface area (Å²) in [6, 6.07) is 15.0. The van der Waals surface area contributed by atoms with E-state index in [9.17, 15) is 14.4 Å². The van der Waals surface area contributed by atoms with E-state index in [1.165, 1.54) is 0 Å². The van der Waals surface area contributed by atoms with Crippen LogP contribution in [0.15, 0.2) is 48.5 Å². The number of fused-ring (bicyclic) bond motifs is 1. The van der Waals surface area contributed by atoms with Gasteiger partial charge in [-0.05, 0) is 44.2 Å². The van der Waals surface area contributed by atoms with Gasteiger partial charge in [0.05, 0.1) is 23.2 Å². The number of piperazine rings is 1. The van der Waals surface area contributed by atoms with Gasteiger partial charge in [-0.2, -0.15) is 0 Å². The third-order valence-electron chi connectivity index (χ3n) is 5.56. The van der Waals surface area contributed by atoms with Crippen molar-refractivity contribution in [2.24, 2.45) is 0 Å². The highest BCUT2D eigenvalue weighted by Gasteiger charge is 2.25. The first-order chi connectivity index (χ1) is 16.0. The van der Waals surface area contributed by atoms with Crippen LogP contribution in [0.4, 0.5) is 4.79 Å². The number of rotatable bonds is 5. The van der Waals surface area contributed by atoms with E-state index in [1.54, 1.807) is 28.9 Å². The number of nitrogens with zero attached hydrogens (tertiary/aromatic N) is 4. The Morgan fingerprint density at radius 2 is 1.64 bits per heavy atom. The highest BCUT2D eigenvalue weighted by molar-refractivity contribution is 5.95. The molecule has 2 heterocycles. The average molecular weight is 450 g/mol. The number of para-hydroxylation sites is 1. The van der Waals surface area contributed by atoms with Gasteiger partial charge < -0.3 is 19.3 Å². The zero-order valence-electron chi connectivity index (χ0n) is 18.7. The lowest BCUT2D eigenvalue weighted by molar-refractivity contribution is -0.136. The smallest absolute Gasteiger partial charge is 0.409 e. The van der Waals surface area contributed by atoms with Crippen LogP contribution in [0.25, 0.3) is 16.7 Å². The molecule has 1 aliphatic heterocycles. The summed E-state index contributed by atoms with van der Waals surface area (Å²) in [6.45, 7) is 5.14. The van der Waals surface area contributed by atoms with Crippen LogP contribution >= 0.6 is 0 Å². The Morgan fingerprint density at radius 1 is 0.939 bits per heavy atom. The van der Waals surface area contributed by atoms with Gasteiger partial charge in [-0.15, -0.1) is 0 Å². The molecule has 0 aliphatic carbocycles. The minimum atomic E-state index is -0.581. The van der Waals surface area contributed by atoms with Crippen LogP contribution in [0.5, 0.6) is 0 Å². The maximum atomic E-state index is 12.6. The van der Waals surface area contributed by atoms with Crippen LogP contribution in [0.1, 0.15) is 23.1 Å².